The highest BCUT2D eigenvalue weighted by atomic mass is 35.5. The molecule has 2 aromatic carbocycles. The second-order valence-electron chi connectivity index (χ2n) is 9.41. The quantitative estimate of drug-likeness (QED) is 0.378. The molecule has 0 unspecified atom stereocenters. The van der Waals surface area contributed by atoms with Gasteiger partial charge in [0, 0.05) is 43.6 Å². The number of amides is 2. The Kier molecular flexibility index (Phi) is 7.47. The molecule has 2 atom stereocenters. The van der Waals surface area contributed by atoms with Crippen molar-refractivity contribution in [3.05, 3.63) is 68.7 Å². The van der Waals surface area contributed by atoms with Crippen LogP contribution in [0.2, 0.25) is 10.0 Å². The van der Waals surface area contributed by atoms with Crippen molar-refractivity contribution in [2.45, 2.75) is 43.6 Å². The van der Waals surface area contributed by atoms with Crippen LogP contribution in [0.15, 0.2) is 36.4 Å². The average Bonchev–Trinajstić information content (AvgIpc) is 3.68. The molecule has 0 bridgehead atoms. The van der Waals surface area contributed by atoms with Crippen molar-refractivity contribution >= 4 is 35.0 Å². The molecule has 0 aromatic heterocycles. The number of rotatable bonds is 4. The number of hydrogen-bond donors (Lipinski definition) is 0. The van der Waals surface area contributed by atoms with Crippen LogP contribution in [0, 0.1) is 5.92 Å². The fraction of sp³-hybridized carbons (Fsp3) is 0.440. The summed E-state index contributed by atoms with van der Waals surface area (Å²) < 4.78 is 80.1. The van der Waals surface area contributed by atoms with Crippen molar-refractivity contribution in [2.75, 3.05) is 20.1 Å². The van der Waals surface area contributed by atoms with Gasteiger partial charge in [0.05, 0.1) is 21.2 Å². The van der Waals surface area contributed by atoms with Gasteiger partial charge in [0.1, 0.15) is 0 Å². The first kappa shape index (κ1) is 27.6. The van der Waals surface area contributed by atoms with E-state index < -0.39 is 46.9 Å². The average molecular weight is 567 g/mol. The number of piperidine rings is 1. The van der Waals surface area contributed by atoms with Crippen molar-refractivity contribution < 1.29 is 35.9 Å². The number of alkyl halides is 6. The van der Waals surface area contributed by atoms with E-state index in [0.29, 0.717) is 24.2 Å². The molecule has 0 spiro atoms. The van der Waals surface area contributed by atoms with Gasteiger partial charge in [-0.25, -0.2) is 0 Å². The van der Waals surface area contributed by atoms with E-state index in [-0.39, 0.29) is 40.9 Å². The van der Waals surface area contributed by atoms with Gasteiger partial charge in [0.2, 0.25) is 5.91 Å². The lowest BCUT2D eigenvalue weighted by Gasteiger charge is -2.43. The van der Waals surface area contributed by atoms with Crippen LogP contribution in [0.3, 0.4) is 0 Å². The fourth-order valence-electron chi connectivity index (χ4n) is 4.70. The van der Waals surface area contributed by atoms with Crippen molar-refractivity contribution in [2.24, 2.45) is 5.92 Å². The number of halogens is 8. The maximum absolute atomic E-state index is 13.3. The van der Waals surface area contributed by atoms with E-state index in [2.05, 4.69) is 0 Å². The van der Waals surface area contributed by atoms with Crippen molar-refractivity contribution in [1.82, 2.24) is 9.80 Å². The summed E-state index contributed by atoms with van der Waals surface area (Å²) in [5.41, 5.74) is -3.21. The number of hydrogen-bond acceptors (Lipinski definition) is 2. The largest absolute Gasteiger partial charge is 0.416 e. The highest BCUT2D eigenvalue weighted by molar-refractivity contribution is 6.42. The molecule has 4 nitrogen and oxygen atoms in total. The summed E-state index contributed by atoms with van der Waals surface area (Å²) in [6, 6.07) is 5.04. The van der Waals surface area contributed by atoms with E-state index >= 15 is 0 Å². The first-order chi connectivity index (χ1) is 17.2. The molecule has 1 aliphatic carbocycles. The Morgan fingerprint density at radius 1 is 0.892 bits per heavy atom. The molecule has 37 heavy (non-hydrogen) atoms. The number of benzene rings is 2. The van der Waals surface area contributed by atoms with Gasteiger partial charge in [0.15, 0.2) is 0 Å². The Morgan fingerprint density at radius 3 is 2.00 bits per heavy atom. The molecular formula is C25H22Cl2F6N2O2. The van der Waals surface area contributed by atoms with Gasteiger partial charge in [-0.2, -0.15) is 26.3 Å². The fourth-order valence-corrected chi connectivity index (χ4v) is 5.00. The summed E-state index contributed by atoms with van der Waals surface area (Å²) in [6.45, 7) is 0.512. The number of carbonyl (C=O) groups is 2. The normalized spacial score (nSPS) is 20.6. The van der Waals surface area contributed by atoms with Gasteiger partial charge in [0.25, 0.3) is 5.91 Å². The van der Waals surface area contributed by atoms with Gasteiger partial charge in [-0.1, -0.05) is 29.3 Å². The van der Waals surface area contributed by atoms with Crippen molar-refractivity contribution in [3.63, 3.8) is 0 Å². The third kappa shape index (κ3) is 6.00. The van der Waals surface area contributed by atoms with Crippen LogP contribution in [-0.2, 0) is 17.1 Å². The zero-order valence-electron chi connectivity index (χ0n) is 19.5. The summed E-state index contributed by atoms with van der Waals surface area (Å²) >= 11 is 12.2. The molecule has 1 heterocycles. The minimum Gasteiger partial charge on any atom is -0.342 e. The minimum absolute atomic E-state index is 0.00909. The molecule has 2 aliphatic rings. The van der Waals surface area contributed by atoms with Crippen LogP contribution < -0.4 is 0 Å². The van der Waals surface area contributed by atoms with E-state index in [0.717, 1.165) is 17.7 Å². The van der Waals surface area contributed by atoms with Crippen molar-refractivity contribution in [1.29, 1.82) is 0 Å². The van der Waals surface area contributed by atoms with Gasteiger partial charge in [-0.15, -0.1) is 0 Å². The Labute approximate surface area is 219 Å². The van der Waals surface area contributed by atoms with Crippen LogP contribution >= 0.6 is 23.2 Å². The van der Waals surface area contributed by atoms with Gasteiger partial charge in [-0.05, 0) is 55.2 Å². The van der Waals surface area contributed by atoms with Gasteiger partial charge < -0.3 is 9.80 Å². The van der Waals surface area contributed by atoms with E-state index in [1.165, 1.54) is 7.05 Å². The lowest BCUT2D eigenvalue weighted by atomic mass is 9.84. The third-order valence-corrected chi connectivity index (χ3v) is 7.58. The molecule has 1 saturated heterocycles. The third-order valence-electron chi connectivity index (χ3n) is 6.84. The molecule has 0 N–H and O–H groups in total. The molecule has 1 saturated carbocycles. The number of nitrogens with zero attached hydrogens (tertiary/aromatic N) is 2. The van der Waals surface area contributed by atoms with Gasteiger partial charge >= 0.3 is 12.4 Å². The van der Waals surface area contributed by atoms with Crippen molar-refractivity contribution in [3.8, 4) is 0 Å². The zero-order chi connectivity index (χ0) is 27.3. The zero-order valence-corrected chi connectivity index (χ0v) is 21.0. The summed E-state index contributed by atoms with van der Waals surface area (Å²) in [5.74, 6) is -1.54. The van der Waals surface area contributed by atoms with Crippen LogP contribution in [0.4, 0.5) is 26.3 Å². The standard InChI is InChI=1S/C25H22Cl2F6N2O2/c1-34(22(36)15-8-16(24(28,29)30)11-17(9-15)25(31,32)33)21-6-7-35(23(37)13-2-3-13)12-18(21)14-4-5-19(26)20(27)10-14/h4-5,8-11,13,18,21H,2-3,6-7,12H2,1H3/t18-,21+/m0/s1. The van der Waals surface area contributed by atoms with E-state index in [1.807, 2.05) is 0 Å². The number of likely N-dealkylation sites (tertiary alicyclic amines) is 1. The first-order valence-corrected chi connectivity index (χ1v) is 12.2. The monoisotopic (exact) mass is 566 g/mol. The van der Waals surface area contributed by atoms with Crippen LogP contribution in [0.1, 0.15) is 52.2 Å². The van der Waals surface area contributed by atoms with E-state index in [4.69, 9.17) is 23.2 Å². The minimum atomic E-state index is -5.08. The molecule has 12 heteroatoms. The summed E-state index contributed by atoms with van der Waals surface area (Å²) in [5, 5.41) is 0.530. The van der Waals surface area contributed by atoms with Crippen LogP contribution in [0.25, 0.3) is 0 Å². The first-order valence-electron chi connectivity index (χ1n) is 11.5. The molecule has 2 amide bonds. The smallest absolute Gasteiger partial charge is 0.342 e. The maximum Gasteiger partial charge on any atom is 0.416 e. The van der Waals surface area contributed by atoms with E-state index in [9.17, 15) is 35.9 Å². The number of likely N-dealkylation sites (N-methyl/N-ethyl adjacent to an activating group) is 1. The second-order valence-corrected chi connectivity index (χ2v) is 10.2. The molecule has 0 radical (unpaired) electrons. The maximum atomic E-state index is 13.3. The Morgan fingerprint density at radius 2 is 1.49 bits per heavy atom. The molecule has 2 fully saturated rings. The van der Waals surface area contributed by atoms with Crippen LogP contribution in [-0.4, -0.2) is 47.8 Å². The molecule has 4 rings (SSSR count). The summed E-state index contributed by atoms with van der Waals surface area (Å²) in [4.78, 5) is 28.9. The molecular weight excluding hydrogens is 545 g/mol. The molecule has 2 aromatic rings. The van der Waals surface area contributed by atoms with Crippen LogP contribution in [0.5, 0.6) is 0 Å². The number of carbonyl (C=O) groups excluding carboxylic acids is 2. The topological polar surface area (TPSA) is 40.6 Å². The Bertz CT molecular complexity index is 1180. The predicted molar refractivity (Wildman–Crippen MR) is 125 cm³/mol. The van der Waals surface area contributed by atoms with Gasteiger partial charge in [-0.3, -0.25) is 9.59 Å². The predicted octanol–water partition coefficient (Wildman–Crippen LogP) is 6.90. The summed E-state index contributed by atoms with van der Waals surface area (Å²) in [6.07, 6.45) is -8.29. The summed E-state index contributed by atoms with van der Waals surface area (Å²) in [7, 11) is 1.34. The Hall–Kier alpha value is -2.46. The highest BCUT2D eigenvalue weighted by Crippen LogP contribution is 2.39. The highest BCUT2D eigenvalue weighted by Gasteiger charge is 2.42. The molecule has 1 aliphatic heterocycles. The lowest BCUT2D eigenvalue weighted by Crippen LogP contribution is -2.52. The lowest BCUT2D eigenvalue weighted by molar-refractivity contribution is -0.143. The SMILES string of the molecule is CN(C(=O)c1cc(C(F)(F)F)cc(C(F)(F)F)c1)[C@@H]1CCN(C(=O)C2CC2)C[C@H]1c1ccc(Cl)c(Cl)c1. The molecule has 200 valence electrons. The van der Waals surface area contributed by atoms with E-state index in [1.54, 1.807) is 23.1 Å². The Balaban J connectivity index is 1.69. The second kappa shape index (κ2) is 10.0.